The molecule has 1 aliphatic rings. The monoisotopic (exact) mass is 344 g/mol. The van der Waals surface area contributed by atoms with Gasteiger partial charge in [0.15, 0.2) is 5.76 Å². The normalized spacial score (nSPS) is 16.6. The molecule has 1 amide bonds. The third kappa shape index (κ3) is 4.69. The molecule has 0 bridgehead atoms. The number of furan rings is 1. The molecular formula is C20H25FN2O2. The van der Waals surface area contributed by atoms with Crippen molar-refractivity contribution >= 4 is 5.91 Å². The van der Waals surface area contributed by atoms with E-state index in [-0.39, 0.29) is 17.8 Å². The lowest BCUT2D eigenvalue weighted by molar-refractivity contribution is 0.0917. The van der Waals surface area contributed by atoms with Crippen molar-refractivity contribution in [2.45, 2.75) is 38.6 Å². The molecular weight excluding hydrogens is 319 g/mol. The molecule has 0 radical (unpaired) electrons. The van der Waals surface area contributed by atoms with Gasteiger partial charge in [0.25, 0.3) is 5.91 Å². The van der Waals surface area contributed by atoms with Crippen molar-refractivity contribution in [3.63, 3.8) is 0 Å². The molecule has 2 aromatic rings. The lowest BCUT2D eigenvalue weighted by Gasteiger charge is -2.31. The first-order chi connectivity index (χ1) is 12.1. The molecule has 1 N–H and O–H groups in total. The van der Waals surface area contributed by atoms with Gasteiger partial charge in [0, 0.05) is 6.54 Å². The van der Waals surface area contributed by atoms with Crippen LogP contribution in [0.15, 0.2) is 40.8 Å². The van der Waals surface area contributed by atoms with Gasteiger partial charge in [-0.15, -0.1) is 0 Å². The van der Waals surface area contributed by atoms with Gasteiger partial charge in [0.05, 0.1) is 6.04 Å². The van der Waals surface area contributed by atoms with Crippen LogP contribution < -0.4 is 5.32 Å². The molecule has 1 saturated heterocycles. The van der Waals surface area contributed by atoms with Gasteiger partial charge in [0.1, 0.15) is 11.6 Å². The van der Waals surface area contributed by atoms with E-state index >= 15 is 0 Å². The van der Waals surface area contributed by atoms with E-state index in [0.29, 0.717) is 18.7 Å². The Hall–Kier alpha value is -2.14. The van der Waals surface area contributed by atoms with Gasteiger partial charge in [-0.2, -0.15) is 0 Å². The second-order valence-corrected chi connectivity index (χ2v) is 6.61. The van der Waals surface area contributed by atoms with Crippen LogP contribution in [0.1, 0.15) is 54.1 Å². The van der Waals surface area contributed by atoms with E-state index in [1.165, 1.54) is 31.4 Å². The number of likely N-dealkylation sites (tertiary alicyclic amines) is 1. The first kappa shape index (κ1) is 17.7. The summed E-state index contributed by atoms with van der Waals surface area (Å²) in [7, 11) is 0. The zero-order valence-electron chi connectivity index (χ0n) is 14.6. The number of nitrogens with one attached hydrogen (secondary N) is 1. The molecule has 0 spiro atoms. The Bertz CT molecular complexity index is 707. The maximum atomic E-state index is 13.1. The zero-order valence-corrected chi connectivity index (χ0v) is 14.6. The molecule has 0 saturated carbocycles. The van der Waals surface area contributed by atoms with E-state index < -0.39 is 0 Å². The minimum Gasteiger partial charge on any atom is -0.454 e. The first-order valence-electron chi connectivity index (χ1n) is 9.00. The predicted molar refractivity (Wildman–Crippen MR) is 95.0 cm³/mol. The molecule has 2 heterocycles. The Labute approximate surface area is 148 Å². The topological polar surface area (TPSA) is 45.5 Å². The summed E-state index contributed by atoms with van der Waals surface area (Å²) in [6.45, 7) is 4.73. The van der Waals surface area contributed by atoms with E-state index in [4.69, 9.17) is 4.42 Å². The molecule has 4 nitrogen and oxygen atoms in total. The number of nitrogens with zero attached hydrogens (tertiary/aromatic N) is 1. The molecule has 134 valence electrons. The van der Waals surface area contributed by atoms with Crippen LogP contribution in [0.25, 0.3) is 0 Å². The fourth-order valence-electron chi connectivity index (χ4n) is 3.28. The fraction of sp³-hybridized carbons (Fsp3) is 0.450. The van der Waals surface area contributed by atoms with Crippen LogP contribution in [0.3, 0.4) is 0 Å². The van der Waals surface area contributed by atoms with Gasteiger partial charge < -0.3 is 9.73 Å². The number of piperidine rings is 1. The Kier molecular flexibility index (Phi) is 5.87. The standard InChI is InChI=1S/C20H25FN2O2/c1-15(23-12-3-2-4-13-23)18-8-9-19(25-18)20(24)22-11-10-16-6-5-7-17(21)14-16/h5-9,14-15H,2-4,10-13H2,1H3,(H,22,24)/t15-/m0/s1. The Morgan fingerprint density at radius 1 is 1.24 bits per heavy atom. The van der Waals surface area contributed by atoms with Crippen molar-refractivity contribution in [1.29, 1.82) is 0 Å². The maximum absolute atomic E-state index is 13.1. The number of carbonyl (C=O) groups excluding carboxylic acids is 1. The highest BCUT2D eigenvalue weighted by Gasteiger charge is 2.22. The number of hydrogen-bond acceptors (Lipinski definition) is 3. The van der Waals surface area contributed by atoms with Gasteiger partial charge in [-0.1, -0.05) is 18.6 Å². The van der Waals surface area contributed by atoms with E-state index in [2.05, 4.69) is 17.1 Å². The summed E-state index contributed by atoms with van der Waals surface area (Å²) in [4.78, 5) is 14.6. The lowest BCUT2D eigenvalue weighted by Crippen LogP contribution is -2.32. The number of amides is 1. The third-order valence-corrected chi connectivity index (χ3v) is 4.79. The fourth-order valence-corrected chi connectivity index (χ4v) is 3.28. The van der Waals surface area contributed by atoms with Crippen LogP contribution in [0.4, 0.5) is 4.39 Å². The maximum Gasteiger partial charge on any atom is 0.287 e. The largest absolute Gasteiger partial charge is 0.454 e. The lowest BCUT2D eigenvalue weighted by atomic mass is 10.1. The smallest absolute Gasteiger partial charge is 0.287 e. The summed E-state index contributed by atoms with van der Waals surface area (Å²) >= 11 is 0. The quantitative estimate of drug-likeness (QED) is 0.863. The summed E-state index contributed by atoms with van der Waals surface area (Å²) in [6, 6.07) is 10.2. The van der Waals surface area contributed by atoms with Gasteiger partial charge >= 0.3 is 0 Å². The molecule has 25 heavy (non-hydrogen) atoms. The summed E-state index contributed by atoms with van der Waals surface area (Å²) in [5.74, 6) is 0.676. The number of halogens is 1. The van der Waals surface area contributed by atoms with Gasteiger partial charge in [0.2, 0.25) is 0 Å². The second kappa shape index (κ2) is 8.30. The third-order valence-electron chi connectivity index (χ3n) is 4.79. The zero-order chi connectivity index (χ0) is 17.6. The average molecular weight is 344 g/mol. The van der Waals surface area contributed by atoms with E-state index in [1.54, 1.807) is 12.1 Å². The Balaban J connectivity index is 1.51. The second-order valence-electron chi connectivity index (χ2n) is 6.61. The molecule has 3 rings (SSSR count). The summed E-state index contributed by atoms with van der Waals surface area (Å²) < 4.78 is 18.9. The Morgan fingerprint density at radius 2 is 2.04 bits per heavy atom. The Morgan fingerprint density at radius 3 is 2.80 bits per heavy atom. The molecule has 1 aromatic heterocycles. The summed E-state index contributed by atoms with van der Waals surface area (Å²) in [6.07, 6.45) is 4.32. The van der Waals surface area contributed by atoms with Crippen LogP contribution in [0.5, 0.6) is 0 Å². The average Bonchev–Trinajstić information content (AvgIpc) is 3.12. The molecule has 1 atom stereocenters. The van der Waals surface area contributed by atoms with Crippen molar-refractivity contribution in [2.24, 2.45) is 0 Å². The number of rotatable bonds is 6. The minimum atomic E-state index is -0.258. The number of carbonyl (C=O) groups is 1. The predicted octanol–water partition coefficient (Wildman–Crippen LogP) is 3.94. The van der Waals surface area contributed by atoms with Crippen LogP contribution in [-0.4, -0.2) is 30.4 Å². The van der Waals surface area contributed by atoms with Crippen molar-refractivity contribution in [3.8, 4) is 0 Å². The highest BCUT2D eigenvalue weighted by atomic mass is 19.1. The van der Waals surface area contributed by atoms with Gasteiger partial charge in [-0.3, -0.25) is 9.69 Å². The first-order valence-corrected chi connectivity index (χ1v) is 9.00. The van der Waals surface area contributed by atoms with Crippen molar-refractivity contribution in [3.05, 3.63) is 59.3 Å². The highest BCUT2D eigenvalue weighted by molar-refractivity contribution is 5.91. The van der Waals surface area contributed by atoms with Crippen molar-refractivity contribution in [1.82, 2.24) is 10.2 Å². The van der Waals surface area contributed by atoms with Crippen molar-refractivity contribution < 1.29 is 13.6 Å². The van der Waals surface area contributed by atoms with Crippen LogP contribution in [0, 0.1) is 5.82 Å². The molecule has 0 unspecified atom stereocenters. The molecule has 1 fully saturated rings. The highest BCUT2D eigenvalue weighted by Crippen LogP contribution is 2.25. The van der Waals surface area contributed by atoms with Crippen molar-refractivity contribution in [2.75, 3.05) is 19.6 Å². The molecule has 5 heteroatoms. The minimum absolute atomic E-state index is 0.189. The van der Waals surface area contributed by atoms with Gasteiger partial charge in [-0.25, -0.2) is 4.39 Å². The molecule has 1 aliphatic heterocycles. The van der Waals surface area contributed by atoms with Crippen LogP contribution in [0.2, 0.25) is 0 Å². The van der Waals surface area contributed by atoms with E-state index in [1.807, 2.05) is 12.1 Å². The van der Waals surface area contributed by atoms with E-state index in [9.17, 15) is 9.18 Å². The summed E-state index contributed by atoms with van der Waals surface area (Å²) in [5, 5.41) is 2.83. The molecule has 1 aromatic carbocycles. The van der Waals surface area contributed by atoms with Gasteiger partial charge in [-0.05, 0) is 69.1 Å². The number of hydrogen-bond donors (Lipinski definition) is 1. The van der Waals surface area contributed by atoms with Crippen LogP contribution in [-0.2, 0) is 6.42 Å². The van der Waals surface area contributed by atoms with E-state index in [0.717, 1.165) is 24.4 Å². The molecule has 0 aliphatic carbocycles. The van der Waals surface area contributed by atoms with Crippen LogP contribution >= 0.6 is 0 Å². The summed E-state index contributed by atoms with van der Waals surface area (Å²) in [5.41, 5.74) is 0.860. The SMILES string of the molecule is C[C@@H](c1ccc(C(=O)NCCc2cccc(F)c2)o1)N1CCCCC1. The number of benzene rings is 1.